The molecule has 0 spiro atoms. The SMILES string of the molecule is CS(=O)(=O)N(CC(=O)Nc1ccc(F)c(Cl)c1)c1ccc(I)cc1. The van der Waals surface area contributed by atoms with Crippen LogP contribution in [0.15, 0.2) is 42.5 Å². The second-order valence-electron chi connectivity index (χ2n) is 4.92. The summed E-state index contributed by atoms with van der Waals surface area (Å²) in [5, 5.41) is 2.36. The molecule has 0 bridgehead atoms. The number of hydrogen-bond acceptors (Lipinski definition) is 3. The highest BCUT2D eigenvalue weighted by molar-refractivity contribution is 14.1. The van der Waals surface area contributed by atoms with E-state index in [1.165, 1.54) is 12.1 Å². The van der Waals surface area contributed by atoms with Gasteiger partial charge in [0.1, 0.15) is 12.4 Å². The first-order chi connectivity index (χ1) is 11.2. The lowest BCUT2D eigenvalue weighted by molar-refractivity contribution is -0.114. The van der Waals surface area contributed by atoms with Gasteiger partial charge in [-0.2, -0.15) is 0 Å². The van der Waals surface area contributed by atoms with E-state index in [1.54, 1.807) is 24.3 Å². The van der Waals surface area contributed by atoms with E-state index in [0.29, 0.717) is 5.69 Å². The predicted molar refractivity (Wildman–Crippen MR) is 101 cm³/mol. The van der Waals surface area contributed by atoms with Crippen molar-refractivity contribution in [3.05, 3.63) is 56.9 Å². The minimum absolute atomic E-state index is 0.134. The maximum atomic E-state index is 13.1. The van der Waals surface area contributed by atoms with E-state index in [1.807, 2.05) is 0 Å². The molecular weight excluding hydrogens is 470 g/mol. The molecule has 0 heterocycles. The molecule has 2 aromatic rings. The van der Waals surface area contributed by atoms with Crippen molar-refractivity contribution in [2.45, 2.75) is 0 Å². The summed E-state index contributed by atoms with van der Waals surface area (Å²) in [4.78, 5) is 12.2. The van der Waals surface area contributed by atoms with E-state index in [0.717, 1.165) is 20.2 Å². The van der Waals surface area contributed by atoms with Crippen LogP contribution in [0, 0.1) is 9.39 Å². The van der Waals surface area contributed by atoms with Crippen molar-refractivity contribution in [1.82, 2.24) is 0 Å². The van der Waals surface area contributed by atoms with Crippen molar-refractivity contribution >= 4 is 61.5 Å². The molecule has 128 valence electrons. The third-order valence-electron chi connectivity index (χ3n) is 3.01. The Bertz CT molecular complexity index is 860. The highest BCUT2D eigenvalue weighted by atomic mass is 127. The van der Waals surface area contributed by atoms with Gasteiger partial charge in [0.25, 0.3) is 0 Å². The van der Waals surface area contributed by atoms with Gasteiger partial charge in [-0.15, -0.1) is 0 Å². The van der Waals surface area contributed by atoms with Gasteiger partial charge in [-0.3, -0.25) is 9.10 Å². The molecule has 0 fully saturated rings. The van der Waals surface area contributed by atoms with Gasteiger partial charge in [-0.25, -0.2) is 12.8 Å². The quantitative estimate of drug-likeness (QED) is 0.664. The summed E-state index contributed by atoms with van der Waals surface area (Å²) in [6.45, 7) is -0.408. The van der Waals surface area contributed by atoms with Gasteiger partial charge < -0.3 is 5.32 Å². The van der Waals surface area contributed by atoms with Crippen LogP contribution in [0.25, 0.3) is 0 Å². The summed E-state index contributed by atoms with van der Waals surface area (Å²) in [6, 6.07) is 10.4. The van der Waals surface area contributed by atoms with Gasteiger partial charge in [-0.05, 0) is 65.1 Å². The number of halogens is 3. The molecule has 0 saturated heterocycles. The van der Waals surface area contributed by atoms with Gasteiger partial charge in [0.2, 0.25) is 15.9 Å². The average molecular weight is 483 g/mol. The Kier molecular flexibility index (Phi) is 6.05. The molecule has 0 aromatic heterocycles. The molecule has 0 atom stereocenters. The van der Waals surface area contributed by atoms with Crippen LogP contribution < -0.4 is 9.62 Å². The van der Waals surface area contributed by atoms with Crippen LogP contribution >= 0.6 is 34.2 Å². The Morgan fingerprint density at radius 2 is 1.88 bits per heavy atom. The van der Waals surface area contributed by atoms with Crippen molar-refractivity contribution in [1.29, 1.82) is 0 Å². The number of carbonyl (C=O) groups is 1. The van der Waals surface area contributed by atoms with Crippen LogP contribution in [0.1, 0.15) is 0 Å². The summed E-state index contributed by atoms with van der Waals surface area (Å²) in [6.07, 6.45) is 1.02. The lowest BCUT2D eigenvalue weighted by Gasteiger charge is -2.22. The number of sulfonamides is 1. The van der Waals surface area contributed by atoms with Crippen LogP contribution in [0.5, 0.6) is 0 Å². The van der Waals surface area contributed by atoms with E-state index in [4.69, 9.17) is 11.6 Å². The van der Waals surface area contributed by atoms with Crippen LogP contribution in [-0.2, 0) is 14.8 Å². The van der Waals surface area contributed by atoms with Crippen molar-refractivity contribution in [2.75, 3.05) is 22.4 Å². The van der Waals surface area contributed by atoms with E-state index >= 15 is 0 Å². The highest BCUT2D eigenvalue weighted by Crippen LogP contribution is 2.21. The second-order valence-corrected chi connectivity index (χ2v) is 8.48. The Hall–Kier alpha value is -1.39. The smallest absolute Gasteiger partial charge is 0.245 e. The maximum Gasteiger partial charge on any atom is 0.245 e. The molecule has 24 heavy (non-hydrogen) atoms. The fourth-order valence-corrected chi connectivity index (χ4v) is 3.31. The highest BCUT2D eigenvalue weighted by Gasteiger charge is 2.21. The first-order valence-electron chi connectivity index (χ1n) is 6.65. The zero-order valence-electron chi connectivity index (χ0n) is 12.5. The summed E-state index contributed by atoms with van der Waals surface area (Å²) >= 11 is 7.75. The van der Waals surface area contributed by atoms with Crippen LogP contribution in [0.4, 0.5) is 15.8 Å². The first kappa shape index (κ1) is 18.9. The van der Waals surface area contributed by atoms with Gasteiger partial charge in [0.15, 0.2) is 0 Å². The van der Waals surface area contributed by atoms with Crippen molar-refractivity contribution in [3.63, 3.8) is 0 Å². The molecule has 0 aliphatic rings. The number of nitrogens with zero attached hydrogens (tertiary/aromatic N) is 1. The molecule has 1 amide bonds. The van der Waals surface area contributed by atoms with Gasteiger partial charge in [0.05, 0.1) is 17.0 Å². The number of rotatable bonds is 5. The largest absolute Gasteiger partial charge is 0.324 e. The molecular formula is C15H13ClFIN2O3S. The van der Waals surface area contributed by atoms with E-state index < -0.39 is 28.3 Å². The number of amides is 1. The lowest BCUT2D eigenvalue weighted by Crippen LogP contribution is -2.37. The third kappa shape index (κ3) is 5.05. The van der Waals surface area contributed by atoms with E-state index in [9.17, 15) is 17.6 Å². The van der Waals surface area contributed by atoms with Gasteiger partial charge >= 0.3 is 0 Å². The Morgan fingerprint density at radius 3 is 2.42 bits per heavy atom. The molecule has 0 radical (unpaired) electrons. The monoisotopic (exact) mass is 482 g/mol. The third-order valence-corrected chi connectivity index (χ3v) is 5.15. The van der Waals surface area contributed by atoms with Crippen LogP contribution in [0.3, 0.4) is 0 Å². The fraction of sp³-hybridized carbons (Fsp3) is 0.133. The molecule has 0 aliphatic carbocycles. The van der Waals surface area contributed by atoms with Gasteiger partial charge in [0, 0.05) is 9.26 Å². The minimum Gasteiger partial charge on any atom is -0.324 e. The summed E-state index contributed by atoms with van der Waals surface area (Å²) in [5.74, 6) is -1.17. The Balaban J connectivity index is 2.18. The Labute approximate surface area is 158 Å². The molecule has 2 rings (SSSR count). The fourth-order valence-electron chi connectivity index (χ4n) is 1.91. The average Bonchev–Trinajstić information content (AvgIpc) is 2.49. The first-order valence-corrected chi connectivity index (χ1v) is 9.95. The van der Waals surface area contributed by atoms with Crippen molar-refractivity contribution in [3.8, 4) is 0 Å². The number of nitrogens with one attached hydrogen (secondary N) is 1. The summed E-state index contributed by atoms with van der Waals surface area (Å²) < 4.78 is 39.0. The zero-order valence-corrected chi connectivity index (χ0v) is 16.2. The van der Waals surface area contributed by atoms with Gasteiger partial charge in [-0.1, -0.05) is 11.6 Å². The number of carbonyl (C=O) groups excluding carboxylic acids is 1. The van der Waals surface area contributed by atoms with E-state index in [2.05, 4.69) is 27.9 Å². The predicted octanol–water partition coefficient (Wildman–Crippen LogP) is 3.49. The number of benzene rings is 2. The summed E-state index contributed by atoms with van der Waals surface area (Å²) in [5.41, 5.74) is 0.660. The molecule has 0 aliphatic heterocycles. The lowest BCUT2D eigenvalue weighted by atomic mass is 10.3. The zero-order chi connectivity index (χ0) is 17.9. The second kappa shape index (κ2) is 7.66. The molecule has 0 unspecified atom stereocenters. The molecule has 9 heteroatoms. The minimum atomic E-state index is -3.65. The topological polar surface area (TPSA) is 66.5 Å². The normalized spacial score (nSPS) is 11.2. The Morgan fingerprint density at radius 1 is 1.25 bits per heavy atom. The molecule has 5 nitrogen and oxygen atoms in total. The summed E-state index contributed by atoms with van der Waals surface area (Å²) in [7, 11) is -3.65. The van der Waals surface area contributed by atoms with Crippen LogP contribution in [-0.4, -0.2) is 27.1 Å². The maximum absolute atomic E-state index is 13.1. The van der Waals surface area contributed by atoms with Crippen LogP contribution in [0.2, 0.25) is 5.02 Å². The molecule has 1 N–H and O–H groups in total. The standard InChI is InChI=1S/C15H13ClFIN2O3S/c1-24(22,23)20(12-5-2-10(18)3-6-12)9-15(21)19-11-4-7-14(17)13(16)8-11/h2-8H,9H2,1H3,(H,19,21). The molecule has 0 saturated carbocycles. The number of hydrogen-bond donors (Lipinski definition) is 1. The molecule has 2 aromatic carbocycles. The van der Waals surface area contributed by atoms with E-state index in [-0.39, 0.29) is 10.7 Å². The van der Waals surface area contributed by atoms with Crippen molar-refractivity contribution in [2.24, 2.45) is 0 Å². The number of anilines is 2. The van der Waals surface area contributed by atoms with Crippen molar-refractivity contribution < 1.29 is 17.6 Å².